The van der Waals surface area contributed by atoms with Gasteiger partial charge in [-0.05, 0) is 36.4 Å². The highest BCUT2D eigenvalue weighted by Gasteiger charge is 2.11. The summed E-state index contributed by atoms with van der Waals surface area (Å²) in [4.78, 5) is 6.28. The van der Waals surface area contributed by atoms with Crippen LogP contribution in [0.1, 0.15) is 6.42 Å². The Bertz CT molecular complexity index is 1040. The predicted molar refractivity (Wildman–Crippen MR) is 114 cm³/mol. The van der Waals surface area contributed by atoms with E-state index in [1.54, 1.807) is 21.3 Å². The number of nitrogens with zero attached hydrogens (tertiary/aromatic N) is 1. The molecule has 6 heteroatoms. The van der Waals surface area contributed by atoms with Crippen molar-refractivity contribution in [3.05, 3.63) is 47.8 Å². The molecule has 0 unspecified atom stereocenters. The van der Waals surface area contributed by atoms with Gasteiger partial charge in [0.25, 0.3) is 0 Å². The monoisotopic (exact) mass is 397 g/mol. The Hall–Kier alpha value is -2.99. The zero-order valence-corrected chi connectivity index (χ0v) is 17.7. The summed E-state index contributed by atoms with van der Waals surface area (Å²) in [5.74, 6) is 2.83. The van der Waals surface area contributed by atoms with E-state index in [4.69, 9.17) is 23.6 Å². The standard InChI is InChI=1S/C23H28N2O4/c1-25(2)12-6-11-24-19-15-22(16-7-9-21(27-4)23(13-16)28-5)29-20-10-8-17(26-3)14-18(19)20/h7-10,13-15H,6,11-12H2,1-5H3/p+1. The van der Waals surface area contributed by atoms with Gasteiger partial charge in [0, 0.05) is 30.0 Å². The Morgan fingerprint density at radius 1 is 0.897 bits per heavy atom. The Morgan fingerprint density at radius 3 is 2.38 bits per heavy atom. The van der Waals surface area contributed by atoms with E-state index in [2.05, 4.69) is 14.1 Å². The van der Waals surface area contributed by atoms with Crippen LogP contribution in [0, 0.1) is 0 Å². The van der Waals surface area contributed by atoms with Crippen molar-refractivity contribution in [2.75, 3.05) is 48.5 Å². The third-order valence-corrected chi connectivity index (χ3v) is 4.74. The fourth-order valence-electron chi connectivity index (χ4n) is 3.17. The van der Waals surface area contributed by atoms with Gasteiger partial charge in [-0.25, -0.2) is 0 Å². The average molecular weight is 397 g/mol. The molecule has 0 aliphatic rings. The number of ether oxygens (including phenoxy) is 3. The van der Waals surface area contributed by atoms with Gasteiger partial charge in [0.15, 0.2) is 11.5 Å². The fraction of sp³-hybridized carbons (Fsp3) is 0.348. The molecule has 3 aromatic rings. The minimum atomic E-state index is 0.655. The molecular weight excluding hydrogens is 368 g/mol. The van der Waals surface area contributed by atoms with Gasteiger partial charge < -0.3 is 23.5 Å². The lowest BCUT2D eigenvalue weighted by atomic mass is 10.1. The van der Waals surface area contributed by atoms with Crippen molar-refractivity contribution in [1.82, 2.24) is 0 Å². The van der Waals surface area contributed by atoms with E-state index in [9.17, 15) is 0 Å². The van der Waals surface area contributed by atoms with Crippen LogP contribution in [0.2, 0.25) is 0 Å². The van der Waals surface area contributed by atoms with Crippen LogP contribution < -0.4 is 24.5 Å². The van der Waals surface area contributed by atoms with Crippen molar-refractivity contribution >= 4 is 11.0 Å². The van der Waals surface area contributed by atoms with Crippen molar-refractivity contribution in [2.45, 2.75) is 6.42 Å². The Balaban J connectivity index is 2.10. The first-order valence-electron chi connectivity index (χ1n) is 9.69. The van der Waals surface area contributed by atoms with Crippen LogP contribution in [0.5, 0.6) is 17.2 Å². The maximum Gasteiger partial charge on any atom is 0.161 e. The van der Waals surface area contributed by atoms with Crippen molar-refractivity contribution in [1.29, 1.82) is 0 Å². The lowest BCUT2D eigenvalue weighted by Crippen LogP contribution is -3.05. The fourth-order valence-corrected chi connectivity index (χ4v) is 3.17. The van der Waals surface area contributed by atoms with E-state index in [1.807, 2.05) is 42.5 Å². The van der Waals surface area contributed by atoms with Gasteiger partial charge in [0.05, 0.1) is 47.3 Å². The summed E-state index contributed by atoms with van der Waals surface area (Å²) in [5.41, 5.74) is 1.66. The van der Waals surface area contributed by atoms with E-state index in [0.717, 1.165) is 52.9 Å². The highest BCUT2D eigenvalue weighted by Crippen LogP contribution is 2.33. The SMILES string of the molecule is COc1ccc2oc(-c3ccc(OC)c(OC)c3)cc(=NCCC[NH+](C)C)c2c1. The lowest BCUT2D eigenvalue weighted by Gasteiger charge is -2.10. The average Bonchev–Trinajstić information content (AvgIpc) is 2.75. The van der Waals surface area contributed by atoms with Crippen LogP contribution in [0.15, 0.2) is 51.9 Å². The van der Waals surface area contributed by atoms with E-state index < -0.39 is 0 Å². The number of nitrogens with one attached hydrogen (secondary N) is 1. The normalized spacial score (nSPS) is 11.9. The molecule has 2 aromatic carbocycles. The molecule has 0 amide bonds. The quantitative estimate of drug-likeness (QED) is 0.594. The van der Waals surface area contributed by atoms with E-state index in [0.29, 0.717) is 11.5 Å². The van der Waals surface area contributed by atoms with Crippen molar-refractivity contribution in [3.63, 3.8) is 0 Å². The van der Waals surface area contributed by atoms with Crippen LogP contribution in [0.4, 0.5) is 0 Å². The summed E-state index contributed by atoms with van der Waals surface area (Å²) in [5, 5.41) is 1.83. The topological polar surface area (TPSA) is 57.6 Å². The molecule has 0 fully saturated rings. The number of quaternary nitrogens is 1. The third kappa shape index (κ3) is 4.90. The summed E-state index contributed by atoms with van der Waals surface area (Å²) in [6.45, 7) is 1.83. The van der Waals surface area contributed by atoms with Crippen LogP contribution >= 0.6 is 0 Å². The summed E-state index contributed by atoms with van der Waals surface area (Å²) in [7, 11) is 9.21. The number of hydrogen-bond acceptors (Lipinski definition) is 5. The first-order valence-corrected chi connectivity index (χ1v) is 9.69. The molecule has 1 N–H and O–H groups in total. The molecule has 0 bridgehead atoms. The molecule has 154 valence electrons. The van der Waals surface area contributed by atoms with Gasteiger partial charge >= 0.3 is 0 Å². The Labute approximate surface area is 171 Å². The van der Waals surface area contributed by atoms with E-state index in [-0.39, 0.29) is 0 Å². The largest absolute Gasteiger partial charge is 0.497 e. The number of benzene rings is 2. The molecule has 0 saturated carbocycles. The second-order valence-electron chi connectivity index (χ2n) is 7.12. The molecular formula is C23H29N2O4+. The van der Waals surface area contributed by atoms with E-state index in [1.165, 1.54) is 4.90 Å². The summed E-state index contributed by atoms with van der Waals surface area (Å²) in [6, 6.07) is 13.5. The molecule has 1 aromatic heterocycles. The van der Waals surface area contributed by atoms with Gasteiger partial charge in [-0.1, -0.05) is 0 Å². The first kappa shape index (κ1) is 20.7. The van der Waals surface area contributed by atoms with Gasteiger partial charge in [0.2, 0.25) is 0 Å². The zero-order chi connectivity index (χ0) is 20.8. The lowest BCUT2D eigenvalue weighted by molar-refractivity contribution is -0.858. The summed E-state index contributed by atoms with van der Waals surface area (Å²) < 4.78 is 22.4. The second-order valence-corrected chi connectivity index (χ2v) is 7.12. The minimum Gasteiger partial charge on any atom is -0.497 e. The van der Waals surface area contributed by atoms with Crippen LogP contribution in [0.3, 0.4) is 0 Å². The van der Waals surface area contributed by atoms with Gasteiger partial charge in [0.1, 0.15) is 17.1 Å². The van der Waals surface area contributed by atoms with Crippen LogP contribution in [0.25, 0.3) is 22.3 Å². The number of hydrogen-bond donors (Lipinski definition) is 1. The number of methoxy groups -OCH3 is 3. The maximum absolute atomic E-state index is 6.19. The molecule has 0 spiro atoms. The van der Waals surface area contributed by atoms with Crippen molar-refractivity contribution < 1.29 is 23.5 Å². The summed E-state index contributed by atoms with van der Waals surface area (Å²) >= 11 is 0. The van der Waals surface area contributed by atoms with E-state index >= 15 is 0 Å². The molecule has 0 aliphatic heterocycles. The molecule has 3 rings (SSSR count). The Morgan fingerprint density at radius 2 is 1.69 bits per heavy atom. The van der Waals surface area contributed by atoms with Gasteiger partial charge in [-0.15, -0.1) is 0 Å². The third-order valence-electron chi connectivity index (χ3n) is 4.74. The Kier molecular flexibility index (Phi) is 6.77. The molecule has 0 aliphatic carbocycles. The molecule has 0 radical (unpaired) electrons. The van der Waals surface area contributed by atoms with Crippen LogP contribution in [-0.4, -0.2) is 48.5 Å². The molecule has 6 nitrogen and oxygen atoms in total. The molecule has 0 atom stereocenters. The van der Waals surface area contributed by atoms with Gasteiger partial charge in [-0.3, -0.25) is 4.99 Å². The molecule has 0 saturated heterocycles. The molecule has 29 heavy (non-hydrogen) atoms. The number of fused-ring (bicyclic) bond motifs is 1. The smallest absolute Gasteiger partial charge is 0.161 e. The number of rotatable bonds is 8. The van der Waals surface area contributed by atoms with Crippen LogP contribution in [-0.2, 0) is 0 Å². The highest BCUT2D eigenvalue weighted by atomic mass is 16.5. The zero-order valence-electron chi connectivity index (χ0n) is 17.7. The first-order chi connectivity index (χ1) is 14.0. The second kappa shape index (κ2) is 9.47. The highest BCUT2D eigenvalue weighted by molar-refractivity contribution is 5.80. The minimum absolute atomic E-state index is 0.655. The summed E-state index contributed by atoms with van der Waals surface area (Å²) in [6.07, 6.45) is 1.02. The van der Waals surface area contributed by atoms with Crippen molar-refractivity contribution in [3.8, 4) is 28.6 Å². The molecule has 1 heterocycles. The predicted octanol–water partition coefficient (Wildman–Crippen LogP) is 2.56. The van der Waals surface area contributed by atoms with Crippen molar-refractivity contribution in [2.24, 2.45) is 4.99 Å². The maximum atomic E-state index is 6.19. The van der Waals surface area contributed by atoms with Gasteiger partial charge in [-0.2, -0.15) is 0 Å².